The summed E-state index contributed by atoms with van der Waals surface area (Å²) in [6.45, 7) is 3.77. The van der Waals surface area contributed by atoms with Crippen LogP contribution in [0.15, 0.2) is 24.5 Å². The Balaban J connectivity index is 2.44. The fraction of sp³-hybridized carbons (Fsp3) is 0.417. The number of hydrogen-bond acceptors (Lipinski definition) is 3. The number of nitrogens with one attached hydrogen (secondary N) is 2. The molecule has 6 nitrogen and oxygen atoms in total. The van der Waals surface area contributed by atoms with E-state index >= 15 is 0 Å². The third kappa shape index (κ3) is 4.82. The second-order valence-electron chi connectivity index (χ2n) is 4.07. The molecular weight excluding hydrogens is 234 g/mol. The molecule has 0 aliphatic carbocycles. The summed E-state index contributed by atoms with van der Waals surface area (Å²) in [6.07, 6.45) is 3.83. The highest BCUT2D eigenvalue weighted by Crippen LogP contribution is 1.99. The van der Waals surface area contributed by atoms with Crippen LogP contribution in [0.25, 0.3) is 0 Å². The van der Waals surface area contributed by atoms with Gasteiger partial charge in [0.2, 0.25) is 12.7 Å². The van der Waals surface area contributed by atoms with Crippen LogP contribution in [-0.2, 0) is 11.3 Å². The van der Waals surface area contributed by atoms with Gasteiger partial charge in [0.05, 0.1) is 0 Å². The highest BCUT2D eigenvalue weighted by molar-refractivity contribution is 5.93. The van der Waals surface area contributed by atoms with Crippen molar-refractivity contribution in [2.75, 3.05) is 0 Å². The van der Waals surface area contributed by atoms with Gasteiger partial charge in [0.25, 0.3) is 5.91 Å². The van der Waals surface area contributed by atoms with E-state index in [2.05, 4.69) is 10.6 Å². The summed E-state index contributed by atoms with van der Waals surface area (Å²) in [7, 11) is 0. The Hall–Kier alpha value is -2.11. The second-order valence-corrected chi connectivity index (χ2v) is 4.07. The summed E-state index contributed by atoms with van der Waals surface area (Å²) in [6, 6.07) is 2.63. The first-order chi connectivity index (χ1) is 8.51. The van der Waals surface area contributed by atoms with Crippen LogP contribution in [0.4, 0.5) is 4.79 Å². The van der Waals surface area contributed by atoms with Crippen molar-refractivity contribution >= 4 is 11.9 Å². The van der Waals surface area contributed by atoms with Crippen molar-refractivity contribution < 1.29 is 19.3 Å². The zero-order valence-corrected chi connectivity index (χ0v) is 10.5. The van der Waals surface area contributed by atoms with Crippen molar-refractivity contribution in [3.8, 4) is 5.75 Å². The average Bonchev–Trinajstić information content (AvgIpc) is 2.28. The van der Waals surface area contributed by atoms with Crippen LogP contribution in [0.3, 0.4) is 0 Å². The maximum Gasteiger partial charge on any atom is 0.321 e. The number of amides is 3. The lowest BCUT2D eigenvalue weighted by Gasteiger charge is -2.10. The quantitative estimate of drug-likeness (QED) is 0.674. The third-order valence-corrected chi connectivity index (χ3v) is 2.41. The van der Waals surface area contributed by atoms with Crippen molar-refractivity contribution in [3.63, 3.8) is 0 Å². The topological polar surface area (TPSA) is 82.3 Å². The van der Waals surface area contributed by atoms with Gasteiger partial charge in [-0.1, -0.05) is 6.92 Å². The number of aromatic nitrogens is 1. The van der Waals surface area contributed by atoms with Crippen molar-refractivity contribution in [2.24, 2.45) is 0 Å². The van der Waals surface area contributed by atoms with Crippen LogP contribution in [0.5, 0.6) is 5.75 Å². The van der Waals surface area contributed by atoms with E-state index in [1.807, 2.05) is 13.8 Å². The van der Waals surface area contributed by atoms with E-state index in [9.17, 15) is 14.7 Å². The standard InChI is InChI=1S/C12H17N3O3/c1-3-9(2)13-12(18)14-11(17)8-15-6-4-5-10(16)7-15/h4-7,9H,3,8H2,1-2H3,(H2-,13,14,16,17,18)/p+1/t9-/m0/s1. The van der Waals surface area contributed by atoms with Gasteiger partial charge in [-0.25, -0.2) is 4.79 Å². The Labute approximate surface area is 106 Å². The highest BCUT2D eigenvalue weighted by atomic mass is 16.3. The Morgan fingerprint density at radius 1 is 1.50 bits per heavy atom. The van der Waals surface area contributed by atoms with Gasteiger partial charge in [0.15, 0.2) is 11.9 Å². The molecule has 98 valence electrons. The number of nitrogens with zero attached hydrogens (tertiary/aromatic N) is 1. The molecule has 1 heterocycles. The molecule has 0 aliphatic rings. The first-order valence-electron chi connectivity index (χ1n) is 5.79. The Bertz CT molecular complexity index is 434. The van der Waals surface area contributed by atoms with Gasteiger partial charge in [0, 0.05) is 12.1 Å². The maximum atomic E-state index is 11.5. The van der Waals surface area contributed by atoms with Gasteiger partial charge in [-0.15, -0.1) is 0 Å². The summed E-state index contributed by atoms with van der Waals surface area (Å²) in [5.74, 6) is -0.374. The van der Waals surface area contributed by atoms with Gasteiger partial charge < -0.3 is 10.4 Å². The van der Waals surface area contributed by atoms with E-state index in [4.69, 9.17) is 0 Å². The van der Waals surface area contributed by atoms with Crippen LogP contribution in [0.1, 0.15) is 20.3 Å². The van der Waals surface area contributed by atoms with E-state index in [-0.39, 0.29) is 18.3 Å². The van der Waals surface area contributed by atoms with Crippen LogP contribution < -0.4 is 15.2 Å². The van der Waals surface area contributed by atoms with E-state index in [1.165, 1.54) is 16.8 Å². The Kier molecular flexibility index (Phi) is 5.10. The smallest absolute Gasteiger partial charge is 0.321 e. The molecule has 0 spiro atoms. The molecular formula is C12H18N3O3+. The minimum absolute atomic E-state index is 0.0197. The van der Waals surface area contributed by atoms with E-state index in [0.717, 1.165) is 6.42 Å². The SMILES string of the molecule is CC[C@H](C)NC(=O)NC(=O)C[n+]1cccc(O)c1. The van der Waals surface area contributed by atoms with Crippen LogP contribution >= 0.6 is 0 Å². The minimum atomic E-state index is -0.505. The van der Waals surface area contributed by atoms with Gasteiger partial charge in [-0.3, -0.25) is 10.1 Å². The van der Waals surface area contributed by atoms with Crippen molar-refractivity contribution in [1.82, 2.24) is 10.6 Å². The summed E-state index contributed by atoms with van der Waals surface area (Å²) < 4.78 is 1.49. The normalized spacial score (nSPS) is 11.7. The fourth-order valence-corrected chi connectivity index (χ4v) is 1.30. The fourth-order valence-electron chi connectivity index (χ4n) is 1.30. The lowest BCUT2D eigenvalue weighted by atomic mass is 10.3. The summed E-state index contributed by atoms with van der Waals surface area (Å²) in [5.41, 5.74) is 0. The predicted octanol–water partition coefficient (Wildman–Crippen LogP) is 0.304. The lowest BCUT2D eigenvalue weighted by molar-refractivity contribution is -0.684. The number of rotatable bonds is 4. The summed E-state index contributed by atoms with van der Waals surface area (Å²) >= 11 is 0. The molecule has 1 atom stereocenters. The number of hydrogen-bond donors (Lipinski definition) is 3. The van der Waals surface area contributed by atoms with Gasteiger partial charge in [-0.05, 0) is 19.4 Å². The highest BCUT2D eigenvalue weighted by Gasteiger charge is 2.14. The summed E-state index contributed by atoms with van der Waals surface area (Å²) in [5, 5.41) is 14.1. The molecule has 0 saturated heterocycles. The molecule has 0 fully saturated rings. The molecule has 3 N–H and O–H groups in total. The first-order valence-corrected chi connectivity index (χ1v) is 5.79. The number of urea groups is 1. The molecule has 0 unspecified atom stereocenters. The number of imide groups is 1. The average molecular weight is 252 g/mol. The molecule has 18 heavy (non-hydrogen) atoms. The van der Waals surface area contributed by atoms with Gasteiger partial charge in [-0.2, -0.15) is 4.57 Å². The molecule has 1 aromatic heterocycles. The predicted molar refractivity (Wildman–Crippen MR) is 64.7 cm³/mol. The molecule has 0 bridgehead atoms. The van der Waals surface area contributed by atoms with Gasteiger partial charge in [0.1, 0.15) is 0 Å². The van der Waals surface area contributed by atoms with E-state index < -0.39 is 11.9 Å². The number of carbonyl (C=O) groups is 2. The lowest BCUT2D eigenvalue weighted by Crippen LogP contribution is -2.48. The first kappa shape index (κ1) is 14.0. The Morgan fingerprint density at radius 2 is 2.22 bits per heavy atom. The van der Waals surface area contributed by atoms with Crippen molar-refractivity contribution in [2.45, 2.75) is 32.9 Å². The van der Waals surface area contributed by atoms with E-state index in [0.29, 0.717) is 0 Å². The molecule has 1 rings (SSSR count). The number of pyridine rings is 1. The van der Waals surface area contributed by atoms with Crippen molar-refractivity contribution in [3.05, 3.63) is 24.5 Å². The third-order valence-electron chi connectivity index (χ3n) is 2.41. The molecule has 0 radical (unpaired) electrons. The zero-order chi connectivity index (χ0) is 13.5. The van der Waals surface area contributed by atoms with Crippen LogP contribution in [0, 0.1) is 0 Å². The van der Waals surface area contributed by atoms with Gasteiger partial charge >= 0.3 is 6.03 Å². The second kappa shape index (κ2) is 6.58. The summed E-state index contributed by atoms with van der Waals surface area (Å²) in [4.78, 5) is 22.9. The van der Waals surface area contributed by atoms with Crippen molar-refractivity contribution in [1.29, 1.82) is 0 Å². The number of carbonyl (C=O) groups excluding carboxylic acids is 2. The number of aromatic hydroxyl groups is 1. The monoisotopic (exact) mass is 252 g/mol. The zero-order valence-electron chi connectivity index (χ0n) is 10.5. The minimum Gasteiger partial charge on any atom is -0.503 e. The van der Waals surface area contributed by atoms with Crippen LogP contribution in [-0.4, -0.2) is 23.1 Å². The molecule has 6 heteroatoms. The molecule has 0 saturated carbocycles. The Morgan fingerprint density at radius 3 is 2.83 bits per heavy atom. The molecule has 0 aliphatic heterocycles. The largest absolute Gasteiger partial charge is 0.503 e. The maximum absolute atomic E-state index is 11.5. The molecule has 3 amide bonds. The van der Waals surface area contributed by atoms with E-state index in [1.54, 1.807) is 12.3 Å². The molecule has 0 aromatic carbocycles. The van der Waals surface area contributed by atoms with Crippen LogP contribution in [0.2, 0.25) is 0 Å². The molecule has 1 aromatic rings.